The van der Waals surface area contributed by atoms with E-state index in [1.807, 2.05) is 6.07 Å². The number of nitrogens with zero attached hydrogens (tertiary/aromatic N) is 2. The summed E-state index contributed by atoms with van der Waals surface area (Å²) in [5.41, 5.74) is 1.61. The molecule has 0 unspecified atom stereocenters. The van der Waals surface area contributed by atoms with Gasteiger partial charge < -0.3 is 4.74 Å². The maximum Gasteiger partial charge on any atom is 0.270 e. The number of nitro groups is 1. The predicted octanol–water partition coefficient (Wildman–Crippen LogP) is 3.67. The van der Waals surface area contributed by atoms with Crippen molar-refractivity contribution in [2.75, 3.05) is 7.11 Å². The molecule has 5 nitrogen and oxygen atoms in total. The van der Waals surface area contributed by atoms with E-state index in [0.717, 1.165) is 0 Å². The predicted molar refractivity (Wildman–Crippen MR) is 79.6 cm³/mol. The first-order valence-corrected chi connectivity index (χ1v) is 6.15. The Hall–Kier alpha value is -3.13. The summed E-state index contributed by atoms with van der Waals surface area (Å²) in [6.45, 7) is 0. The third kappa shape index (κ3) is 3.25. The topological polar surface area (TPSA) is 76.2 Å². The molecule has 2 aromatic rings. The zero-order valence-electron chi connectivity index (χ0n) is 11.3. The zero-order chi connectivity index (χ0) is 15.2. The minimum Gasteiger partial charge on any atom is -0.496 e. The summed E-state index contributed by atoms with van der Waals surface area (Å²) < 4.78 is 5.23. The number of ether oxygens (including phenoxy) is 1. The Morgan fingerprint density at radius 1 is 1.29 bits per heavy atom. The molecule has 0 aliphatic rings. The third-order valence-electron chi connectivity index (χ3n) is 2.91. The lowest BCUT2D eigenvalue weighted by atomic mass is 10.0. The van der Waals surface area contributed by atoms with Crippen LogP contribution >= 0.6 is 0 Å². The molecule has 0 spiro atoms. The van der Waals surface area contributed by atoms with Crippen LogP contribution in [0.15, 0.2) is 48.5 Å². The lowest BCUT2D eigenvalue weighted by Gasteiger charge is -2.06. The molecular weight excluding hydrogens is 268 g/mol. The van der Waals surface area contributed by atoms with Gasteiger partial charge in [0.1, 0.15) is 5.75 Å². The normalized spacial score (nSPS) is 10.8. The highest BCUT2D eigenvalue weighted by Gasteiger charge is 2.09. The Morgan fingerprint density at radius 2 is 2.05 bits per heavy atom. The van der Waals surface area contributed by atoms with E-state index >= 15 is 0 Å². The summed E-state index contributed by atoms with van der Waals surface area (Å²) >= 11 is 0. The summed E-state index contributed by atoms with van der Waals surface area (Å²) in [5.74, 6) is 0.579. The number of nitro benzene ring substituents is 1. The van der Waals surface area contributed by atoms with Crippen LogP contribution in [0.4, 0.5) is 5.69 Å². The lowest BCUT2D eigenvalue weighted by molar-refractivity contribution is -0.384. The molecule has 0 saturated heterocycles. The Morgan fingerprint density at radius 3 is 2.71 bits per heavy atom. The number of hydrogen-bond donors (Lipinski definition) is 0. The fourth-order valence-electron chi connectivity index (χ4n) is 1.93. The van der Waals surface area contributed by atoms with Crippen LogP contribution in [0.5, 0.6) is 5.75 Å². The zero-order valence-corrected chi connectivity index (χ0v) is 11.3. The van der Waals surface area contributed by atoms with Gasteiger partial charge >= 0.3 is 0 Å². The first kappa shape index (κ1) is 14.3. The maximum atomic E-state index is 10.8. The van der Waals surface area contributed by atoms with Gasteiger partial charge in [-0.05, 0) is 23.8 Å². The number of rotatable bonds is 4. The maximum absolute atomic E-state index is 10.8. The van der Waals surface area contributed by atoms with Crippen molar-refractivity contribution in [1.29, 1.82) is 5.26 Å². The Balaban J connectivity index is 2.49. The smallest absolute Gasteiger partial charge is 0.270 e. The molecule has 104 valence electrons. The Labute approximate surface area is 121 Å². The van der Waals surface area contributed by atoms with Crippen molar-refractivity contribution in [1.82, 2.24) is 0 Å². The summed E-state index contributed by atoms with van der Waals surface area (Å²) in [4.78, 5) is 10.3. The molecule has 0 atom stereocenters. The van der Waals surface area contributed by atoms with E-state index in [0.29, 0.717) is 22.4 Å². The number of benzene rings is 2. The third-order valence-corrected chi connectivity index (χ3v) is 2.91. The second kappa shape index (κ2) is 6.35. The second-order valence-corrected chi connectivity index (χ2v) is 4.22. The quantitative estimate of drug-likeness (QED) is 0.370. The average Bonchev–Trinajstić information content (AvgIpc) is 2.52. The molecule has 0 fully saturated rings. The van der Waals surface area contributed by atoms with Crippen LogP contribution in [0, 0.1) is 21.4 Å². The van der Waals surface area contributed by atoms with Gasteiger partial charge in [-0.15, -0.1) is 0 Å². The van der Waals surface area contributed by atoms with Crippen molar-refractivity contribution in [3.05, 3.63) is 69.8 Å². The molecule has 0 saturated carbocycles. The van der Waals surface area contributed by atoms with E-state index < -0.39 is 4.92 Å². The summed E-state index contributed by atoms with van der Waals surface area (Å²) in [6, 6.07) is 15.4. The van der Waals surface area contributed by atoms with Crippen molar-refractivity contribution >= 4 is 17.3 Å². The standard InChI is InChI=1S/C16H12N2O3/c1-21-16-8-3-2-7-15(16)13(11-17)9-12-5-4-6-14(10-12)18(19)20/h2-10H,1H3/b13-9+. The fourth-order valence-corrected chi connectivity index (χ4v) is 1.93. The van der Waals surface area contributed by atoms with Gasteiger partial charge in [0.2, 0.25) is 0 Å². The van der Waals surface area contributed by atoms with Gasteiger partial charge in [-0.3, -0.25) is 10.1 Å². The highest BCUT2D eigenvalue weighted by Crippen LogP contribution is 2.27. The molecule has 0 amide bonds. The minimum atomic E-state index is -0.466. The molecule has 0 aliphatic heterocycles. The summed E-state index contributed by atoms with van der Waals surface area (Å²) in [5, 5.41) is 20.1. The number of nitriles is 1. The van der Waals surface area contributed by atoms with Gasteiger partial charge in [0.05, 0.1) is 23.7 Å². The van der Waals surface area contributed by atoms with E-state index in [9.17, 15) is 15.4 Å². The molecule has 2 aromatic carbocycles. The monoisotopic (exact) mass is 280 g/mol. The molecule has 0 N–H and O–H groups in total. The highest BCUT2D eigenvalue weighted by atomic mass is 16.6. The highest BCUT2D eigenvalue weighted by molar-refractivity contribution is 5.91. The van der Waals surface area contributed by atoms with E-state index in [1.54, 1.807) is 36.4 Å². The molecule has 0 radical (unpaired) electrons. The van der Waals surface area contributed by atoms with Crippen molar-refractivity contribution in [3.63, 3.8) is 0 Å². The van der Waals surface area contributed by atoms with E-state index in [4.69, 9.17) is 4.74 Å². The summed E-state index contributed by atoms with van der Waals surface area (Å²) in [6.07, 6.45) is 1.60. The molecule has 0 heterocycles. The first-order chi connectivity index (χ1) is 10.2. The van der Waals surface area contributed by atoms with Gasteiger partial charge in [-0.25, -0.2) is 0 Å². The number of hydrogen-bond acceptors (Lipinski definition) is 4. The van der Waals surface area contributed by atoms with Crippen molar-refractivity contribution in [2.45, 2.75) is 0 Å². The van der Waals surface area contributed by atoms with Gasteiger partial charge in [-0.1, -0.05) is 24.3 Å². The number of non-ortho nitro benzene ring substituents is 1. The van der Waals surface area contributed by atoms with Gasteiger partial charge in [0, 0.05) is 17.7 Å². The SMILES string of the molecule is COc1ccccc1/C(C#N)=C/c1cccc([N+](=O)[O-])c1. The molecule has 0 aromatic heterocycles. The van der Waals surface area contributed by atoms with Crippen LogP contribution in [0.3, 0.4) is 0 Å². The van der Waals surface area contributed by atoms with Crippen LogP contribution < -0.4 is 4.74 Å². The molecular formula is C16H12N2O3. The number of methoxy groups -OCH3 is 1. The average molecular weight is 280 g/mol. The molecule has 2 rings (SSSR count). The van der Waals surface area contributed by atoms with Crippen LogP contribution in [-0.4, -0.2) is 12.0 Å². The molecule has 21 heavy (non-hydrogen) atoms. The first-order valence-electron chi connectivity index (χ1n) is 6.15. The Bertz CT molecular complexity index is 745. The fraction of sp³-hybridized carbons (Fsp3) is 0.0625. The molecule has 0 aliphatic carbocycles. The van der Waals surface area contributed by atoms with Gasteiger partial charge in [0.15, 0.2) is 0 Å². The van der Waals surface area contributed by atoms with Crippen molar-refractivity contribution in [3.8, 4) is 11.8 Å². The van der Waals surface area contributed by atoms with E-state index in [-0.39, 0.29) is 5.69 Å². The lowest BCUT2D eigenvalue weighted by Crippen LogP contribution is -1.91. The largest absolute Gasteiger partial charge is 0.496 e. The Kier molecular flexibility index (Phi) is 4.32. The number of allylic oxidation sites excluding steroid dienone is 1. The van der Waals surface area contributed by atoms with Crippen molar-refractivity contribution in [2.24, 2.45) is 0 Å². The van der Waals surface area contributed by atoms with Crippen LogP contribution in [0.1, 0.15) is 11.1 Å². The second-order valence-electron chi connectivity index (χ2n) is 4.22. The van der Waals surface area contributed by atoms with Crippen molar-refractivity contribution < 1.29 is 9.66 Å². The molecule has 5 heteroatoms. The van der Waals surface area contributed by atoms with E-state index in [1.165, 1.54) is 19.2 Å². The van der Waals surface area contributed by atoms with Gasteiger partial charge in [0.25, 0.3) is 5.69 Å². The van der Waals surface area contributed by atoms with Crippen LogP contribution in [0.2, 0.25) is 0 Å². The summed E-state index contributed by atoms with van der Waals surface area (Å²) in [7, 11) is 1.53. The molecule has 0 bridgehead atoms. The van der Waals surface area contributed by atoms with E-state index in [2.05, 4.69) is 6.07 Å². The van der Waals surface area contributed by atoms with Crippen LogP contribution in [-0.2, 0) is 0 Å². The number of para-hydroxylation sites is 1. The van der Waals surface area contributed by atoms with Gasteiger partial charge in [-0.2, -0.15) is 5.26 Å². The minimum absolute atomic E-state index is 0.0129. The van der Waals surface area contributed by atoms with Crippen LogP contribution in [0.25, 0.3) is 11.6 Å².